The second kappa shape index (κ2) is 10.3. The zero-order chi connectivity index (χ0) is 25.3. The molecule has 1 atom stereocenters. The zero-order valence-corrected chi connectivity index (χ0v) is 21.6. The number of piperidine rings is 2. The average Bonchev–Trinajstić information content (AvgIpc) is 3.19. The van der Waals surface area contributed by atoms with E-state index in [0.29, 0.717) is 64.9 Å². The van der Waals surface area contributed by atoms with E-state index in [1.807, 2.05) is 11.8 Å². The summed E-state index contributed by atoms with van der Waals surface area (Å²) in [6, 6.07) is 5.00. The number of esters is 1. The van der Waals surface area contributed by atoms with Crippen molar-refractivity contribution < 1.29 is 27.5 Å². The second-order valence-electron chi connectivity index (χ2n) is 9.76. The molecule has 3 aliphatic heterocycles. The van der Waals surface area contributed by atoms with Crippen molar-refractivity contribution in [3.63, 3.8) is 0 Å². The van der Waals surface area contributed by atoms with Crippen molar-refractivity contribution in [1.29, 1.82) is 0 Å². The molecule has 3 heterocycles. The van der Waals surface area contributed by atoms with Crippen LogP contribution in [0.5, 0.6) is 0 Å². The van der Waals surface area contributed by atoms with Crippen molar-refractivity contribution in [2.24, 2.45) is 11.8 Å². The molecule has 0 aliphatic carbocycles. The van der Waals surface area contributed by atoms with E-state index in [-0.39, 0.29) is 40.6 Å². The summed E-state index contributed by atoms with van der Waals surface area (Å²) >= 11 is 0. The molecular formula is C25H35N3O6S. The third-order valence-electron chi connectivity index (χ3n) is 7.47. The van der Waals surface area contributed by atoms with Gasteiger partial charge in [0.25, 0.3) is 0 Å². The molecule has 2 fully saturated rings. The highest BCUT2D eigenvalue weighted by Crippen LogP contribution is 2.35. The van der Waals surface area contributed by atoms with Crippen molar-refractivity contribution in [3.05, 3.63) is 23.8 Å². The number of nitrogens with zero attached hydrogens (tertiary/aromatic N) is 3. The van der Waals surface area contributed by atoms with Crippen molar-refractivity contribution >= 4 is 33.5 Å². The summed E-state index contributed by atoms with van der Waals surface area (Å²) in [6.07, 6.45) is 2.80. The topological polar surface area (TPSA) is 104 Å². The summed E-state index contributed by atoms with van der Waals surface area (Å²) in [5.41, 5.74) is 1.64. The van der Waals surface area contributed by atoms with Gasteiger partial charge in [0.15, 0.2) is 0 Å². The number of hydrogen-bond acceptors (Lipinski definition) is 6. The Hall–Kier alpha value is -2.46. The monoisotopic (exact) mass is 505 g/mol. The summed E-state index contributed by atoms with van der Waals surface area (Å²) in [4.78, 5) is 40.7. The Morgan fingerprint density at radius 2 is 1.63 bits per heavy atom. The highest BCUT2D eigenvalue weighted by molar-refractivity contribution is 7.89. The van der Waals surface area contributed by atoms with E-state index in [0.717, 1.165) is 11.3 Å². The van der Waals surface area contributed by atoms with E-state index >= 15 is 0 Å². The van der Waals surface area contributed by atoms with Crippen LogP contribution in [0.1, 0.15) is 52.0 Å². The molecular weight excluding hydrogens is 470 g/mol. The Bertz CT molecular complexity index is 1090. The van der Waals surface area contributed by atoms with Crippen LogP contribution in [0.2, 0.25) is 0 Å². The Balaban J connectivity index is 1.35. The predicted molar refractivity (Wildman–Crippen MR) is 130 cm³/mol. The van der Waals surface area contributed by atoms with Gasteiger partial charge < -0.3 is 14.5 Å². The van der Waals surface area contributed by atoms with E-state index in [2.05, 4.69) is 0 Å². The molecule has 9 nitrogen and oxygen atoms in total. The van der Waals surface area contributed by atoms with Crippen molar-refractivity contribution in [2.75, 3.05) is 37.7 Å². The van der Waals surface area contributed by atoms with Crippen LogP contribution in [0.4, 0.5) is 5.69 Å². The molecule has 0 bridgehead atoms. The lowest BCUT2D eigenvalue weighted by molar-refractivity contribution is -0.152. The Morgan fingerprint density at radius 1 is 1.00 bits per heavy atom. The number of likely N-dealkylation sites (tertiary alicyclic amines) is 1. The maximum Gasteiger partial charge on any atom is 0.309 e. The Morgan fingerprint density at radius 3 is 2.23 bits per heavy atom. The molecule has 0 N–H and O–H groups in total. The van der Waals surface area contributed by atoms with Gasteiger partial charge in [-0.15, -0.1) is 0 Å². The molecule has 3 aliphatic rings. The molecule has 4 rings (SSSR count). The lowest BCUT2D eigenvalue weighted by Gasteiger charge is -2.36. The van der Waals surface area contributed by atoms with Crippen LogP contribution in [0.15, 0.2) is 23.1 Å². The molecule has 192 valence electrons. The van der Waals surface area contributed by atoms with Crippen LogP contribution in [-0.2, 0) is 35.6 Å². The van der Waals surface area contributed by atoms with Crippen molar-refractivity contribution in [1.82, 2.24) is 9.21 Å². The fraction of sp³-hybridized carbons (Fsp3) is 0.640. The van der Waals surface area contributed by atoms with Crippen molar-refractivity contribution in [3.8, 4) is 0 Å². The maximum atomic E-state index is 13.3. The van der Waals surface area contributed by atoms with Gasteiger partial charge in [0.1, 0.15) is 0 Å². The van der Waals surface area contributed by atoms with Crippen LogP contribution >= 0.6 is 0 Å². The number of benzene rings is 1. The largest absolute Gasteiger partial charge is 0.466 e. The summed E-state index contributed by atoms with van der Waals surface area (Å²) < 4.78 is 33.2. The fourth-order valence-electron chi connectivity index (χ4n) is 5.59. The van der Waals surface area contributed by atoms with Crippen LogP contribution in [0.25, 0.3) is 0 Å². The first kappa shape index (κ1) is 25.6. The number of sulfonamides is 1. The second-order valence-corrected chi connectivity index (χ2v) is 11.7. The molecule has 0 saturated carbocycles. The molecule has 2 saturated heterocycles. The minimum atomic E-state index is -3.68. The van der Waals surface area contributed by atoms with Gasteiger partial charge in [-0.1, -0.05) is 0 Å². The smallest absolute Gasteiger partial charge is 0.309 e. The highest BCUT2D eigenvalue weighted by atomic mass is 32.2. The van der Waals surface area contributed by atoms with E-state index in [9.17, 15) is 22.8 Å². The Kier molecular flexibility index (Phi) is 7.51. The van der Waals surface area contributed by atoms with Crippen LogP contribution < -0.4 is 4.90 Å². The standard InChI is InChI=1S/C25H35N3O6S/c1-4-34-25(31)20-7-11-26(12-8-20)24(30)19-9-13-27(14-10-19)35(32,33)22-5-6-23-21(16-22)15-17(2)28(23)18(3)29/h5-6,16-17,19-20H,4,7-15H2,1-3H3/t17-/m0/s1. The van der Waals surface area contributed by atoms with E-state index in [1.165, 1.54) is 11.2 Å². The van der Waals surface area contributed by atoms with Gasteiger partial charge in [0.05, 0.1) is 17.4 Å². The lowest BCUT2D eigenvalue weighted by Crippen LogP contribution is -2.47. The molecule has 35 heavy (non-hydrogen) atoms. The van der Waals surface area contributed by atoms with E-state index < -0.39 is 10.0 Å². The number of carbonyl (C=O) groups excluding carboxylic acids is 3. The molecule has 1 aromatic rings. The normalized spacial score (nSPS) is 22.2. The number of amides is 2. The number of fused-ring (bicyclic) bond motifs is 1. The van der Waals surface area contributed by atoms with Gasteiger partial charge in [0.2, 0.25) is 21.8 Å². The SMILES string of the molecule is CCOC(=O)C1CCN(C(=O)C2CCN(S(=O)(=O)c3ccc4c(c3)C[C@H](C)N4C(C)=O)CC2)CC1. The number of carbonyl (C=O) groups is 3. The maximum absolute atomic E-state index is 13.3. The molecule has 10 heteroatoms. The third-order valence-corrected chi connectivity index (χ3v) is 9.37. The minimum absolute atomic E-state index is 0.00423. The third kappa shape index (κ3) is 5.09. The molecule has 0 aromatic heterocycles. The summed E-state index contributed by atoms with van der Waals surface area (Å²) in [7, 11) is -3.68. The lowest BCUT2D eigenvalue weighted by atomic mass is 9.92. The van der Waals surface area contributed by atoms with Gasteiger partial charge in [-0.3, -0.25) is 14.4 Å². The number of rotatable bonds is 5. The number of ether oxygens (including phenoxy) is 1. The first-order valence-electron chi connectivity index (χ1n) is 12.5. The zero-order valence-electron chi connectivity index (χ0n) is 20.7. The first-order chi connectivity index (χ1) is 16.6. The van der Waals surface area contributed by atoms with Crippen LogP contribution in [0.3, 0.4) is 0 Å². The minimum Gasteiger partial charge on any atom is -0.466 e. The Labute approximate surface area is 207 Å². The fourth-order valence-corrected chi connectivity index (χ4v) is 7.11. The molecule has 0 radical (unpaired) electrons. The summed E-state index contributed by atoms with van der Waals surface area (Å²) in [5, 5.41) is 0. The molecule has 1 aromatic carbocycles. The van der Waals surface area contributed by atoms with Gasteiger partial charge in [0, 0.05) is 50.7 Å². The van der Waals surface area contributed by atoms with Crippen LogP contribution in [0, 0.1) is 11.8 Å². The average molecular weight is 506 g/mol. The first-order valence-corrected chi connectivity index (χ1v) is 14.0. The number of hydrogen-bond donors (Lipinski definition) is 0. The van der Waals surface area contributed by atoms with Gasteiger partial charge >= 0.3 is 5.97 Å². The summed E-state index contributed by atoms with van der Waals surface area (Å²) in [6.45, 7) is 7.28. The van der Waals surface area contributed by atoms with E-state index in [4.69, 9.17) is 4.74 Å². The highest BCUT2D eigenvalue weighted by Gasteiger charge is 2.37. The number of anilines is 1. The van der Waals surface area contributed by atoms with Crippen LogP contribution in [-0.4, -0.2) is 74.2 Å². The van der Waals surface area contributed by atoms with Gasteiger partial charge in [-0.2, -0.15) is 4.31 Å². The van der Waals surface area contributed by atoms with Crippen molar-refractivity contribution in [2.45, 2.75) is 63.8 Å². The molecule has 0 spiro atoms. The molecule has 0 unspecified atom stereocenters. The predicted octanol–water partition coefficient (Wildman–Crippen LogP) is 2.19. The summed E-state index contributed by atoms with van der Waals surface area (Å²) in [5.74, 6) is -0.536. The van der Waals surface area contributed by atoms with E-state index in [1.54, 1.807) is 30.0 Å². The quantitative estimate of drug-likeness (QED) is 0.568. The molecule has 2 amide bonds. The van der Waals surface area contributed by atoms with Gasteiger partial charge in [-0.25, -0.2) is 8.42 Å². The van der Waals surface area contributed by atoms with Gasteiger partial charge in [-0.05, 0) is 69.7 Å².